The molecule has 2 aromatic carbocycles. The molecule has 180 valence electrons. The molecule has 0 heterocycles. The van der Waals surface area contributed by atoms with Crippen LogP contribution >= 0.6 is 22.6 Å². The Morgan fingerprint density at radius 3 is 2.33 bits per heavy atom. The molecule has 0 aromatic heterocycles. The Morgan fingerprint density at radius 2 is 1.70 bits per heavy atom. The number of rotatable bonds is 11. The van der Waals surface area contributed by atoms with Gasteiger partial charge >= 0.3 is 12.1 Å². The van der Waals surface area contributed by atoms with Gasteiger partial charge in [-0.2, -0.15) is 0 Å². The minimum Gasteiger partial charge on any atom is -0.494 e. The molecule has 0 saturated heterocycles. The Balaban J connectivity index is 1.77. The quantitative estimate of drug-likeness (QED) is 0.207. The van der Waals surface area contributed by atoms with Crippen molar-refractivity contribution in [3.05, 3.63) is 51.6 Å². The summed E-state index contributed by atoms with van der Waals surface area (Å²) in [6.45, 7) is 6.55. The van der Waals surface area contributed by atoms with Gasteiger partial charge in [-0.25, -0.2) is 4.79 Å². The monoisotopic (exact) mass is 569 g/mol. The molecule has 0 fully saturated rings. The van der Waals surface area contributed by atoms with Crippen molar-refractivity contribution < 1.29 is 28.5 Å². The molecule has 0 aliphatic carbocycles. The number of alkyl carbamates (subject to hydrolysis) is 1. The number of halogens is 1. The van der Waals surface area contributed by atoms with Crippen LogP contribution in [0.3, 0.4) is 0 Å². The second kappa shape index (κ2) is 13.3. The maximum atomic E-state index is 11.7. The van der Waals surface area contributed by atoms with Crippen LogP contribution in [0.4, 0.5) is 4.79 Å². The minimum absolute atomic E-state index is 0.198. The van der Waals surface area contributed by atoms with Crippen LogP contribution in [0.1, 0.15) is 45.6 Å². The third-order valence-electron chi connectivity index (χ3n) is 4.40. The molecule has 8 heteroatoms. The van der Waals surface area contributed by atoms with Crippen LogP contribution in [0.5, 0.6) is 17.2 Å². The molecule has 0 bridgehead atoms. The second-order valence-electron chi connectivity index (χ2n) is 8.40. The van der Waals surface area contributed by atoms with E-state index in [4.69, 9.17) is 14.2 Å². The Morgan fingerprint density at radius 1 is 1.00 bits per heavy atom. The van der Waals surface area contributed by atoms with E-state index in [1.807, 2.05) is 63.2 Å². The predicted octanol–water partition coefficient (Wildman–Crippen LogP) is 5.87. The van der Waals surface area contributed by atoms with Crippen molar-refractivity contribution in [2.24, 2.45) is 0 Å². The third-order valence-corrected chi connectivity index (χ3v) is 5.24. The first-order chi connectivity index (χ1) is 15.7. The first-order valence-electron chi connectivity index (χ1n) is 10.9. The number of carbonyl (C=O) groups excluding carboxylic acids is 2. The second-order valence-corrected chi connectivity index (χ2v) is 9.56. The summed E-state index contributed by atoms with van der Waals surface area (Å²) < 4.78 is 22.5. The van der Waals surface area contributed by atoms with Gasteiger partial charge in [0.05, 0.1) is 17.3 Å². The van der Waals surface area contributed by atoms with Crippen LogP contribution in [0.2, 0.25) is 0 Å². The van der Waals surface area contributed by atoms with E-state index in [9.17, 15) is 9.59 Å². The molecular formula is C25H32INO6. The Kier molecular flexibility index (Phi) is 10.8. The number of ether oxygens (including phenoxy) is 4. The van der Waals surface area contributed by atoms with Crippen molar-refractivity contribution in [1.29, 1.82) is 0 Å². The van der Waals surface area contributed by atoms with Gasteiger partial charge in [0.25, 0.3) is 0 Å². The predicted molar refractivity (Wildman–Crippen MR) is 135 cm³/mol. The van der Waals surface area contributed by atoms with Crippen molar-refractivity contribution in [2.45, 2.75) is 52.1 Å². The van der Waals surface area contributed by atoms with Gasteiger partial charge in [-0.1, -0.05) is 6.07 Å². The lowest BCUT2D eigenvalue weighted by atomic mass is 10.1. The summed E-state index contributed by atoms with van der Waals surface area (Å²) in [4.78, 5) is 22.8. The lowest BCUT2D eigenvalue weighted by molar-refractivity contribution is -0.140. The van der Waals surface area contributed by atoms with Gasteiger partial charge < -0.3 is 24.3 Å². The number of amides is 1. The number of nitrogens with one attached hydrogen (secondary N) is 1. The molecule has 0 radical (unpaired) electrons. The van der Waals surface area contributed by atoms with E-state index in [1.54, 1.807) is 0 Å². The van der Waals surface area contributed by atoms with Gasteiger partial charge in [-0.3, -0.25) is 4.79 Å². The molecule has 0 aliphatic rings. The lowest BCUT2D eigenvalue weighted by Gasteiger charge is -2.19. The number of carbonyl (C=O) groups is 2. The van der Waals surface area contributed by atoms with E-state index in [0.717, 1.165) is 33.5 Å². The number of unbranched alkanes of at least 4 members (excludes halogenated alkanes) is 1. The van der Waals surface area contributed by atoms with Gasteiger partial charge in [0.2, 0.25) is 0 Å². The third kappa shape index (κ3) is 10.8. The van der Waals surface area contributed by atoms with E-state index >= 15 is 0 Å². The molecule has 0 atom stereocenters. The van der Waals surface area contributed by atoms with Gasteiger partial charge in [-0.05, 0) is 105 Å². The zero-order chi connectivity index (χ0) is 24.3. The minimum atomic E-state index is -0.505. The maximum Gasteiger partial charge on any atom is 0.407 e. The highest BCUT2D eigenvalue weighted by Crippen LogP contribution is 2.29. The highest BCUT2D eigenvalue weighted by Gasteiger charge is 2.15. The van der Waals surface area contributed by atoms with Crippen LogP contribution in [0.25, 0.3) is 0 Å². The largest absolute Gasteiger partial charge is 0.494 e. The molecule has 33 heavy (non-hydrogen) atoms. The molecule has 1 N–H and O–H groups in total. The van der Waals surface area contributed by atoms with Gasteiger partial charge in [0.15, 0.2) is 0 Å². The Labute approximate surface area is 209 Å². The van der Waals surface area contributed by atoms with Crippen molar-refractivity contribution in [2.75, 3.05) is 20.3 Å². The molecule has 7 nitrogen and oxygen atoms in total. The highest BCUT2D eigenvalue weighted by molar-refractivity contribution is 14.1. The zero-order valence-electron chi connectivity index (χ0n) is 19.6. The van der Waals surface area contributed by atoms with Crippen LogP contribution in [-0.2, 0) is 20.7 Å². The molecule has 1 amide bonds. The lowest BCUT2D eigenvalue weighted by Crippen LogP contribution is -2.33. The number of esters is 1. The van der Waals surface area contributed by atoms with Crippen molar-refractivity contribution in [1.82, 2.24) is 5.32 Å². The number of methoxy groups -OCH3 is 1. The normalized spacial score (nSPS) is 10.9. The number of benzene rings is 2. The van der Waals surface area contributed by atoms with Crippen molar-refractivity contribution >= 4 is 34.7 Å². The number of hydrogen-bond acceptors (Lipinski definition) is 6. The average molecular weight is 569 g/mol. The first-order valence-corrected chi connectivity index (χ1v) is 12.0. The van der Waals surface area contributed by atoms with E-state index < -0.39 is 11.7 Å². The van der Waals surface area contributed by atoms with Crippen molar-refractivity contribution in [3.8, 4) is 17.2 Å². The number of hydrogen-bond donors (Lipinski definition) is 1. The fraction of sp³-hybridized carbons (Fsp3) is 0.440. The first kappa shape index (κ1) is 26.8. The standard InChI is InChI=1S/C25H32INO6/c1-25(2,3)33-24(29)27-15-14-18-8-13-22(21(26)17-18)32-20-11-9-19(10-12-20)31-16-6-5-7-23(28)30-4/h8-13,17H,5-7,14-16H2,1-4H3,(H,27,29). The highest BCUT2D eigenvalue weighted by atomic mass is 127. The molecule has 0 saturated carbocycles. The van der Waals surface area contributed by atoms with Crippen LogP contribution in [-0.4, -0.2) is 37.9 Å². The van der Waals surface area contributed by atoms with E-state index in [-0.39, 0.29) is 5.97 Å². The van der Waals surface area contributed by atoms with E-state index in [1.165, 1.54) is 7.11 Å². The zero-order valence-corrected chi connectivity index (χ0v) is 21.8. The molecule has 0 unspecified atom stereocenters. The van der Waals surface area contributed by atoms with E-state index in [0.29, 0.717) is 31.7 Å². The Bertz CT molecular complexity index is 908. The fourth-order valence-corrected chi connectivity index (χ4v) is 3.49. The molecule has 0 spiro atoms. The smallest absolute Gasteiger partial charge is 0.407 e. The Hall–Kier alpha value is -2.49. The summed E-state index contributed by atoms with van der Waals surface area (Å²) in [6.07, 6.45) is 2.21. The summed E-state index contributed by atoms with van der Waals surface area (Å²) in [5.74, 6) is 2.03. The fourth-order valence-electron chi connectivity index (χ4n) is 2.80. The molecule has 0 aliphatic heterocycles. The van der Waals surface area contributed by atoms with Gasteiger partial charge in [0.1, 0.15) is 22.8 Å². The average Bonchev–Trinajstić information content (AvgIpc) is 2.75. The molecule has 2 aromatic rings. The molecular weight excluding hydrogens is 537 g/mol. The van der Waals surface area contributed by atoms with Crippen LogP contribution in [0.15, 0.2) is 42.5 Å². The van der Waals surface area contributed by atoms with Crippen LogP contribution in [0, 0.1) is 3.57 Å². The van der Waals surface area contributed by atoms with Crippen LogP contribution < -0.4 is 14.8 Å². The van der Waals surface area contributed by atoms with E-state index in [2.05, 4.69) is 32.6 Å². The summed E-state index contributed by atoms with van der Waals surface area (Å²) in [7, 11) is 1.39. The van der Waals surface area contributed by atoms with Crippen molar-refractivity contribution in [3.63, 3.8) is 0 Å². The SMILES string of the molecule is COC(=O)CCCCOc1ccc(Oc2ccc(CCNC(=O)OC(C)(C)C)cc2I)cc1. The summed E-state index contributed by atoms with van der Waals surface area (Å²) >= 11 is 2.24. The topological polar surface area (TPSA) is 83.1 Å². The van der Waals surface area contributed by atoms with Gasteiger partial charge in [0, 0.05) is 13.0 Å². The summed E-state index contributed by atoms with van der Waals surface area (Å²) in [6, 6.07) is 13.4. The maximum absolute atomic E-state index is 11.7. The summed E-state index contributed by atoms with van der Waals surface area (Å²) in [5, 5.41) is 2.77. The summed E-state index contributed by atoms with van der Waals surface area (Å²) in [5.41, 5.74) is 0.591. The van der Waals surface area contributed by atoms with Gasteiger partial charge in [-0.15, -0.1) is 0 Å². The molecule has 2 rings (SSSR count).